The molecule has 0 aromatic heterocycles. The van der Waals surface area contributed by atoms with Gasteiger partial charge >= 0.3 is 17.8 Å². The lowest BCUT2D eigenvalue weighted by Gasteiger charge is -2.40. The van der Waals surface area contributed by atoms with Gasteiger partial charge in [-0.3, -0.25) is 5.84 Å². The fraction of sp³-hybridized carbons (Fsp3) is 1.00. The number of nitrogens with two attached hydrogens (primary N) is 1. The molecule has 1 saturated heterocycles. The van der Waals surface area contributed by atoms with Crippen molar-refractivity contribution in [1.82, 2.24) is 5.01 Å². The van der Waals surface area contributed by atoms with Crippen LogP contribution in [0.15, 0.2) is 0 Å². The van der Waals surface area contributed by atoms with Crippen LogP contribution in [0, 0.1) is 0 Å². The lowest BCUT2D eigenvalue weighted by Crippen LogP contribution is -2.68. The summed E-state index contributed by atoms with van der Waals surface area (Å²) in [5.41, 5.74) is 0. The van der Waals surface area contributed by atoms with Crippen LogP contribution in [0.5, 0.6) is 0 Å². The largest absolute Gasteiger partial charge is 0.374 e. The number of hydrogen-bond donors (Lipinski definition) is 1. The summed E-state index contributed by atoms with van der Waals surface area (Å²) in [6.45, 7) is -8.94. The normalized spacial score (nSPS) is 43.9. The van der Waals surface area contributed by atoms with Crippen LogP contribution in [-0.2, 0) is 0 Å². The number of alkyl halides is 6. The summed E-state index contributed by atoms with van der Waals surface area (Å²) in [5.74, 6) is -13.5. The zero-order valence-corrected chi connectivity index (χ0v) is 5.79. The summed E-state index contributed by atoms with van der Waals surface area (Å²) < 4.78 is 104. The quantitative estimate of drug-likeness (QED) is 0.481. The molecule has 0 unspecified atom stereocenters. The third kappa shape index (κ3) is 1.37. The highest BCUT2D eigenvalue weighted by atomic mass is 19.3. The Morgan fingerprint density at radius 2 is 1.31 bits per heavy atom. The van der Waals surface area contributed by atoms with E-state index in [4.69, 9.17) is 5.48 Å². The van der Waals surface area contributed by atoms with Crippen molar-refractivity contribution in [3.63, 3.8) is 0 Å². The molecule has 0 radical (unpaired) electrons. The minimum absolute atomic E-state index is 1.22. The molecule has 0 amide bonds. The van der Waals surface area contributed by atoms with Gasteiger partial charge in [0.25, 0.3) is 0 Å². The van der Waals surface area contributed by atoms with Crippen LogP contribution in [0.2, 0.25) is 0 Å². The van der Waals surface area contributed by atoms with E-state index >= 15 is 0 Å². The van der Waals surface area contributed by atoms with Gasteiger partial charge in [0.05, 0.1) is 18.5 Å². The van der Waals surface area contributed by atoms with E-state index < -0.39 is 35.8 Å². The summed E-state index contributed by atoms with van der Waals surface area (Å²) >= 11 is 0. The van der Waals surface area contributed by atoms with E-state index in [0.29, 0.717) is 0 Å². The zero-order chi connectivity index (χ0) is 14.1. The van der Waals surface area contributed by atoms with Crippen LogP contribution in [0.4, 0.5) is 26.3 Å². The second kappa shape index (κ2) is 2.50. The summed E-state index contributed by atoms with van der Waals surface area (Å²) in [6.07, 6.45) is 0. The van der Waals surface area contributed by atoms with Gasteiger partial charge in [-0.1, -0.05) is 0 Å². The molecule has 0 atom stereocenters. The molecule has 1 rings (SSSR count). The average molecular weight is 212 g/mol. The van der Waals surface area contributed by atoms with Crippen LogP contribution in [0.1, 0.15) is 5.48 Å². The fourth-order valence-electron chi connectivity index (χ4n) is 0.668. The van der Waals surface area contributed by atoms with E-state index in [9.17, 15) is 26.3 Å². The first kappa shape index (κ1) is 6.07. The van der Waals surface area contributed by atoms with Crippen molar-refractivity contribution in [2.45, 2.75) is 17.8 Å². The van der Waals surface area contributed by atoms with Crippen LogP contribution < -0.4 is 5.84 Å². The third-order valence-corrected chi connectivity index (χ3v) is 1.31. The molecule has 8 heteroatoms. The molecule has 0 aliphatic carbocycles. The van der Waals surface area contributed by atoms with E-state index in [1.54, 1.807) is 0 Å². The Kier molecular flexibility index (Phi) is 1.17. The van der Waals surface area contributed by atoms with E-state index in [1.807, 2.05) is 0 Å². The number of piperidine rings is 1. The van der Waals surface area contributed by atoms with E-state index in [0.717, 1.165) is 0 Å². The second-order valence-electron chi connectivity index (χ2n) is 2.32. The molecular weight excluding hydrogens is 202 g/mol. The lowest BCUT2D eigenvalue weighted by molar-refractivity contribution is -0.338. The predicted octanol–water partition coefficient (Wildman–Crippen LogP) is 1.08. The average Bonchev–Trinajstić information content (AvgIpc) is 2.13. The summed E-state index contributed by atoms with van der Waals surface area (Å²) in [4.78, 5) is 0. The highest BCUT2D eigenvalue weighted by Crippen LogP contribution is 2.48. The van der Waals surface area contributed by atoms with Crippen molar-refractivity contribution in [2.24, 2.45) is 5.84 Å². The molecule has 0 bridgehead atoms. The maximum atomic E-state index is 13.0. The van der Waals surface area contributed by atoms with Gasteiger partial charge in [0.1, 0.15) is 0 Å². The van der Waals surface area contributed by atoms with Crippen LogP contribution in [0.25, 0.3) is 0 Å². The Labute approximate surface area is 74.9 Å². The molecule has 0 aromatic carbocycles. The number of rotatable bonds is 0. The van der Waals surface area contributed by atoms with Gasteiger partial charge < -0.3 is 0 Å². The van der Waals surface area contributed by atoms with Gasteiger partial charge in [-0.15, -0.1) is 0 Å². The summed E-state index contributed by atoms with van der Waals surface area (Å²) in [5, 5.41) is -1.22. The topological polar surface area (TPSA) is 29.3 Å². The Morgan fingerprint density at radius 3 is 1.62 bits per heavy atom. The Morgan fingerprint density at radius 1 is 1.00 bits per heavy atom. The molecule has 0 saturated carbocycles. The van der Waals surface area contributed by atoms with Crippen LogP contribution in [0.3, 0.4) is 0 Å². The molecule has 2 nitrogen and oxygen atoms in total. The van der Waals surface area contributed by atoms with Crippen molar-refractivity contribution in [3.8, 4) is 0 Å². The monoisotopic (exact) mass is 212 g/mol. The number of hydrogen-bond acceptors (Lipinski definition) is 2. The molecule has 0 aromatic rings. The molecular formula is C5H6F6N2. The number of nitrogens with zero attached hydrogens (tertiary/aromatic N) is 1. The first-order valence-corrected chi connectivity index (χ1v) is 2.84. The van der Waals surface area contributed by atoms with E-state index in [1.165, 1.54) is 0 Å². The van der Waals surface area contributed by atoms with Crippen LogP contribution >= 0.6 is 0 Å². The number of halogens is 6. The lowest BCUT2D eigenvalue weighted by atomic mass is 10.00. The van der Waals surface area contributed by atoms with Crippen molar-refractivity contribution in [3.05, 3.63) is 0 Å². The third-order valence-electron chi connectivity index (χ3n) is 1.31. The van der Waals surface area contributed by atoms with Crippen molar-refractivity contribution >= 4 is 0 Å². The smallest absolute Gasteiger partial charge is 0.268 e. The zero-order valence-electron chi connectivity index (χ0n) is 9.79. The van der Waals surface area contributed by atoms with Gasteiger partial charge in [-0.05, 0) is 0 Å². The maximum absolute atomic E-state index is 13.0. The minimum atomic E-state index is -6.22. The highest BCUT2D eigenvalue weighted by Gasteiger charge is 2.74. The molecule has 1 aliphatic heterocycles. The Bertz CT molecular complexity index is 315. The molecule has 2 N–H and O–H groups in total. The number of hydrazine groups is 1. The van der Waals surface area contributed by atoms with E-state index in [-0.39, 0.29) is 0 Å². The molecule has 1 fully saturated rings. The molecule has 1 heterocycles. The Hall–Kier alpha value is -0.500. The predicted molar refractivity (Wildman–Crippen MR) is 30.6 cm³/mol. The van der Waals surface area contributed by atoms with Gasteiger partial charge in [0.2, 0.25) is 0 Å². The van der Waals surface area contributed by atoms with Gasteiger partial charge in [0, 0.05) is 0 Å². The minimum Gasteiger partial charge on any atom is -0.268 e. The fourth-order valence-corrected chi connectivity index (χ4v) is 0.668. The first-order chi connectivity index (χ1) is 7.15. The van der Waals surface area contributed by atoms with E-state index in [2.05, 4.69) is 5.84 Å². The second-order valence-corrected chi connectivity index (χ2v) is 2.32. The molecule has 0 spiro atoms. The molecule has 1 aliphatic rings. The first-order valence-electron chi connectivity index (χ1n) is 4.84. The van der Waals surface area contributed by atoms with Gasteiger partial charge in [-0.2, -0.15) is 26.3 Å². The summed E-state index contributed by atoms with van der Waals surface area (Å²) in [7, 11) is 0. The molecule has 78 valence electrons. The van der Waals surface area contributed by atoms with Crippen molar-refractivity contribution in [2.75, 3.05) is 13.0 Å². The van der Waals surface area contributed by atoms with Crippen LogP contribution in [-0.4, -0.2) is 35.8 Å². The molecule has 13 heavy (non-hydrogen) atoms. The SMILES string of the molecule is [2H]C1([2H])N(N)C([2H])([2H])C(F)(F)C(F)(F)C1(F)F. The van der Waals surface area contributed by atoms with Crippen molar-refractivity contribution < 1.29 is 31.8 Å². The van der Waals surface area contributed by atoms with Gasteiger partial charge in [0.15, 0.2) is 0 Å². The van der Waals surface area contributed by atoms with Crippen molar-refractivity contribution in [1.29, 1.82) is 0 Å². The summed E-state index contributed by atoms with van der Waals surface area (Å²) in [6, 6.07) is 0. The highest BCUT2D eigenvalue weighted by molar-refractivity contribution is 5.02. The standard InChI is InChI=1S/C5H6F6N2/c6-3(7)1-13(12)2-4(8,9)5(3,10)11/h1-2,12H2/i1D2,2D2. The van der Waals surface area contributed by atoms with Gasteiger partial charge in [-0.25, -0.2) is 5.01 Å². The Balaban J connectivity index is 3.56. The maximum Gasteiger partial charge on any atom is 0.374 e.